The number of nitrogens with zero attached hydrogens (tertiary/aromatic N) is 2. The summed E-state index contributed by atoms with van der Waals surface area (Å²) in [4.78, 5) is 10.4. The van der Waals surface area contributed by atoms with Gasteiger partial charge in [-0.05, 0) is 11.5 Å². The van der Waals surface area contributed by atoms with Crippen LogP contribution in [-0.2, 0) is 7.05 Å². The molecular weight excluding hydrogens is 208 g/mol. The van der Waals surface area contributed by atoms with Crippen LogP contribution in [0.1, 0.15) is 0 Å². The maximum Gasteiger partial charge on any atom is 0.260 e. The zero-order chi connectivity index (χ0) is 9.68. The highest BCUT2D eigenvalue weighted by Gasteiger charge is 1.83. The molecular formula is C7H8N2O2S2. The van der Waals surface area contributed by atoms with Gasteiger partial charge in [0, 0.05) is 29.9 Å². The number of aromatic nitrogens is 2. The van der Waals surface area contributed by atoms with Crippen molar-refractivity contribution < 1.29 is 5.11 Å². The Hall–Kier alpha value is -1.14. The molecule has 2 aromatic heterocycles. The van der Waals surface area contributed by atoms with Crippen molar-refractivity contribution in [1.29, 1.82) is 0 Å². The number of hydrogen-bond donors (Lipinski definition) is 1. The topological polar surface area (TPSA) is 55.1 Å². The molecule has 0 saturated heterocycles. The Morgan fingerprint density at radius 3 is 2.38 bits per heavy atom. The molecule has 0 bridgehead atoms. The number of aryl methyl sites for hydroxylation is 1. The lowest BCUT2D eigenvalue weighted by Gasteiger charge is -1.76. The molecule has 0 aliphatic carbocycles. The average Bonchev–Trinajstić information content (AvgIpc) is 2.67. The van der Waals surface area contributed by atoms with E-state index < -0.39 is 0 Å². The van der Waals surface area contributed by atoms with Crippen LogP contribution in [-0.4, -0.2) is 13.4 Å². The van der Waals surface area contributed by atoms with Crippen molar-refractivity contribution >= 4 is 23.1 Å². The molecule has 0 spiro atoms. The summed E-state index contributed by atoms with van der Waals surface area (Å²) in [6.45, 7) is 0. The largest absolute Gasteiger partial charge is 0.493 e. The summed E-state index contributed by atoms with van der Waals surface area (Å²) in [7, 11) is 1.74. The summed E-state index contributed by atoms with van der Waals surface area (Å²) in [5.74, 6) is 0.111. The van der Waals surface area contributed by atoms with Crippen LogP contribution in [0.3, 0.4) is 0 Å². The molecule has 0 aromatic carbocycles. The molecule has 2 aromatic rings. The fourth-order valence-electron chi connectivity index (χ4n) is 0.543. The van der Waals surface area contributed by atoms with Gasteiger partial charge in [-0.25, -0.2) is 0 Å². The van der Waals surface area contributed by atoms with Crippen molar-refractivity contribution in [3.05, 3.63) is 33.2 Å². The van der Waals surface area contributed by atoms with Crippen LogP contribution in [0.5, 0.6) is 5.88 Å². The summed E-state index contributed by atoms with van der Waals surface area (Å²) in [5, 5.41) is 11.9. The first-order valence-corrected chi connectivity index (χ1v) is 5.08. The van der Waals surface area contributed by atoms with E-state index in [-0.39, 0.29) is 11.4 Å². The van der Waals surface area contributed by atoms with Crippen LogP contribution in [0.4, 0.5) is 0 Å². The van der Waals surface area contributed by atoms with Gasteiger partial charge in [0.2, 0.25) is 5.88 Å². The molecule has 0 atom stereocenters. The molecule has 0 amide bonds. The van der Waals surface area contributed by atoms with E-state index in [4.69, 9.17) is 5.11 Å². The fourth-order valence-corrected chi connectivity index (χ4v) is 1.48. The number of rotatable bonds is 0. The van der Waals surface area contributed by atoms with Crippen LogP contribution in [0.2, 0.25) is 0 Å². The SMILES string of the molecule is Cn1sccc1=O.Oc1ccsn1. The van der Waals surface area contributed by atoms with Crippen molar-refractivity contribution in [2.24, 2.45) is 7.05 Å². The molecule has 13 heavy (non-hydrogen) atoms. The summed E-state index contributed by atoms with van der Waals surface area (Å²) < 4.78 is 5.08. The molecule has 0 fully saturated rings. The van der Waals surface area contributed by atoms with Crippen molar-refractivity contribution in [3.63, 3.8) is 0 Å². The molecule has 0 aliphatic heterocycles. The van der Waals surface area contributed by atoms with Crippen LogP contribution in [0, 0.1) is 0 Å². The van der Waals surface area contributed by atoms with Gasteiger partial charge in [-0.3, -0.25) is 8.75 Å². The van der Waals surface area contributed by atoms with Gasteiger partial charge < -0.3 is 5.11 Å². The second kappa shape index (κ2) is 4.78. The van der Waals surface area contributed by atoms with Crippen molar-refractivity contribution in [3.8, 4) is 5.88 Å². The van der Waals surface area contributed by atoms with E-state index in [0.717, 1.165) is 0 Å². The minimum Gasteiger partial charge on any atom is -0.493 e. The van der Waals surface area contributed by atoms with Gasteiger partial charge in [0.15, 0.2) is 0 Å². The first-order chi connectivity index (χ1) is 6.20. The quantitative estimate of drug-likeness (QED) is 0.722. The number of aromatic hydroxyl groups is 1. The summed E-state index contributed by atoms with van der Waals surface area (Å²) in [6.07, 6.45) is 0. The number of hydrogen-bond acceptors (Lipinski definition) is 5. The second-order valence-electron chi connectivity index (χ2n) is 2.10. The Balaban J connectivity index is 0.000000132. The smallest absolute Gasteiger partial charge is 0.260 e. The third kappa shape index (κ3) is 3.39. The molecule has 0 radical (unpaired) electrons. The highest BCUT2D eigenvalue weighted by molar-refractivity contribution is 7.04. The Labute approximate surface area is 83.0 Å². The van der Waals surface area contributed by atoms with Gasteiger partial charge >= 0.3 is 0 Å². The molecule has 2 rings (SSSR count). The van der Waals surface area contributed by atoms with Gasteiger partial charge in [-0.2, -0.15) is 4.37 Å². The van der Waals surface area contributed by atoms with Gasteiger partial charge in [0.25, 0.3) is 5.56 Å². The zero-order valence-electron chi connectivity index (χ0n) is 6.88. The monoisotopic (exact) mass is 216 g/mol. The van der Waals surface area contributed by atoms with E-state index >= 15 is 0 Å². The zero-order valence-corrected chi connectivity index (χ0v) is 8.51. The Kier molecular flexibility index (Phi) is 3.66. The predicted octanol–water partition coefficient (Wildman–Crippen LogP) is 1.30. The highest BCUT2D eigenvalue weighted by atomic mass is 32.1. The van der Waals surface area contributed by atoms with E-state index in [0.29, 0.717) is 0 Å². The minimum absolute atomic E-state index is 0.0741. The van der Waals surface area contributed by atoms with Crippen LogP contribution in [0.25, 0.3) is 0 Å². The van der Waals surface area contributed by atoms with Crippen LogP contribution in [0.15, 0.2) is 27.7 Å². The molecule has 6 heteroatoms. The molecule has 0 unspecified atom stereocenters. The fraction of sp³-hybridized carbons (Fsp3) is 0.143. The lowest BCUT2D eigenvalue weighted by molar-refractivity contribution is 0.460. The molecule has 0 saturated carbocycles. The van der Waals surface area contributed by atoms with Crippen LogP contribution < -0.4 is 5.56 Å². The normalized spacial score (nSPS) is 9.00. The Morgan fingerprint density at radius 2 is 2.23 bits per heavy atom. The lowest BCUT2D eigenvalue weighted by Crippen LogP contribution is -2.05. The van der Waals surface area contributed by atoms with E-state index in [9.17, 15) is 4.79 Å². The highest BCUT2D eigenvalue weighted by Crippen LogP contribution is 2.03. The average molecular weight is 216 g/mol. The third-order valence-electron chi connectivity index (χ3n) is 1.16. The third-order valence-corrected chi connectivity index (χ3v) is 2.47. The van der Waals surface area contributed by atoms with Gasteiger partial charge in [0.1, 0.15) is 0 Å². The lowest BCUT2D eigenvalue weighted by atomic mass is 10.7. The summed E-state index contributed by atoms with van der Waals surface area (Å²) in [6, 6.07) is 3.09. The van der Waals surface area contributed by atoms with Gasteiger partial charge in [0.05, 0.1) is 0 Å². The maximum absolute atomic E-state index is 10.4. The second-order valence-corrected chi connectivity index (χ2v) is 3.80. The molecule has 1 N–H and O–H groups in total. The Bertz CT molecular complexity index is 391. The molecule has 0 aliphatic rings. The van der Waals surface area contributed by atoms with E-state index in [2.05, 4.69) is 4.37 Å². The van der Waals surface area contributed by atoms with E-state index in [1.54, 1.807) is 33.9 Å². The van der Waals surface area contributed by atoms with Crippen molar-refractivity contribution in [2.75, 3.05) is 0 Å². The standard InChI is InChI=1S/C4H5NOS.C3H3NOS/c1-5-4(6)2-3-7-5;5-3-1-2-6-4-3/h2-3H,1H3;1-2H,(H,4,5). The van der Waals surface area contributed by atoms with Crippen molar-refractivity contribution in [2.45, 2.75) is 0 Å². The molecule has 2 heterocycles. The summed E-state index contributed by atoms with van der Waals surface area (Å²) >= 11 is 2.65. The molecule has 70 valence electrons. The van der Waals surface area contributed by atoms with E-state index in [1.807, 2.05) is 0 Å². The van der Waals surface area contributed by atoms with Gasteiger partial charge in [-0.1, -0.05) is 11.5 Å². The Morgan fingerprint density at radius 1 is 1.46 bits per heavy atom. The first-order valence-electron chi connectivity index (χ1n) is 3.40. The van der Waals surface area contributed by atoms with E-state index in [1.165, 1.54) is 23.1 Å². The predicted molar refractivity (Wildman–Crippen MR) is 53.3 cm³/mol. The van der Waals surface area contributed by atoms with Crippen LogP contribution >= 0.6 is 23.1 Å². The first kappa shape index (κ1) is 9.94. The van der Waals surface area contributed by atoms with Gasteiger partial charge in [-0.15, -0.1) is 0 Å². The molecule has 4 nitrogen and oxygen atoms in total. The minimum atomic E-state index is 0.0741. The van der Waals surface area contributed by atoms with Crippen molar-refractivity contribution in [1.82, 2.24) is 8.33 Å². The summed E-state index contributed by atoms with van der Waals surface area (Å²) in [5.41, 5.74) is 0.0741. The maximum atomic E-state index is 10.4.